The third-order valence-corrected chi connectivity index (χ3v) is 3.23. The van der Waals surface area contributed by atoms with Crippen molar-refractivity contribution in [2.45, 2.75) is 6.92 Å². The molecular formula is C13H16BrN3O. The molecule has 1 aromatic heterocycles. The molecule has 1 N–H and O–H groups in total. The van der Waals surface area contributed by atoms with Gasteiger partial charge in [0.1, 0.15) is 0 Å². The molecular weight excluding hydrogens is 294 g/mol. The molecule has 96 valence electrons. The fraction of sp³-hybridized carbons (Fsp3) is 0.308. The van der Waals surface area contributed by atoms with E-state index in [9.17, 15) is 0 Å². The number of nitrogens with one attached hydrogen (secondary N) is 1. The molecule has 2 aromatic rings. The zero-order valence-corrected chi connectivity index (χ0v) is 12.1. The Bertz CT molecular complexity index is 525. The summed E-state index contributed by atoms with van der Waals surface area (Å²) in [6.07, 6.45) is 3.71. The lowest BCUT2D eigenvalue weighted by atomic mass is 10.2. The summed E-state index contributed by atoms with van der Waals surface area (Å²) in [5, 5.41) is 3.24. The zero-order chi connectivity index (χ0) is 13.0. The number of benzene rings is 1. The fourth-order valence-corrected chi connectivity index (χ4v) is 2.39. The van der Waals surface area contributed by atoms with Crippen molar-refractivity contribution in [3.63, 3.8) is 0 Å². The van der Waals surface area contributed by atoms with Gasteiger partial charge in [0.15, 0.2) is 0 Å². The number of anilines is 1. The number of aryl methyl sites for hydroxylation is 1. The average molecular weight is 310 g/mol. The van der Waals surface area contributed by atoms with Crippen LogP contribution < -0.4 is 5.32 Å². The number of methoxy groups -OCH3 is 1. The van der Waals surface area contributed by atoms with Gasteiger partial charge in [0.05, 0.1) is 12.3 Å². The van der Waals surface area contributed by atoms with Gasteiger partial charge in [-0.25, -0.2) is 4.98 Å². The smallest absolute Gasteiger partial charge is 0.207 e. The van der Waals surface area contributed by atoms with Crippen LogP contribution in [0, 0.1) is 6.92 Å². The first-order valence-corrected chi connectivity index (χ1v) is 6.54. The number of aromatic nitrogens is 2. The number of imidazole rings is 1. The predicted octanol–water partition coefficient (Wildman–Crippen LogP) is 3.00. The molecule has 0 saturated carbocycles. The highest BCUT2D eigenvalue weighted by atomic mass is 79.9. The lowest BCUT2D eigenvalue weighted by molar-refractivity contribution is 0.210. The molecule has 0 amide bonds. The molecule has 5 heteroatoms. The summed E-state index contributed by atoms with van der Waals surface area (Å²) in [6.45, 7) is 3.46. The van der Waals surface area contributed by atoms with Crippen LogP contribution in [0.2, 0.25) is 0 Å². The van der Waals surface area contributed by atoms with Crippen LogP contribution in [0.5, 0.6) is 0 Å². The molecule has 1 aromatic carbocycles. The zero-order valence-electron chi connectivity index (χ0n) is 10.5. The molecule has 0 saturated heterocycles. The number of hydrogen-bond donors (Lipinski definition) is 1. The maximum Gasteiger partial charge on any atom is 0.207 e. The highest BCUT2D eigenvalue weighted by molar-refractivity contribution is 9.10. The SMILES string of the molecule is COCCNc1nccn1-c1ccc(C)cc1Br. The molecule has 0 spiro atoms. The molecule has 0 atom stereocenters. The van der Waals surface area contributed by atoms with Crippen molar-refractivity contribution in [3.05, 3.63) is 40.6 Å². The number of ether oxygens (including phenoxy) is 1. The quantitative estimate of drug-likeness (QED) is 0.863. The van der Waals surface area contributed by atoms with Gasteiger partial charge in [0.25, 0.3) is 0 Å². The summed E-state index contributed by atoms with van der Waals surface area (Å²) in [4.78, 5) is 4.30. The fourth-order valence-electron chi connectivity index (χ4n) is 1.70. The Hall–Kier alpha value is -1.33. The largest absolute Gasteiger partial charge is 0.383 e. The molecule has 4 nitrogen and oxygen atoms in total. The van der Waals surface area contributed by atoms with Gasteiger partial charge in [-0.2, -0.15) is 0 Å². The molecule has 0 radical (unpaired) electrons. The second-order valence-corrected chi connectivity index (χ2v) is 4.85. The molecule has 1 heterocycles. The van der Waals surface area contributed by atoms with Crippen molar-refractivity contribution in [1.82, 2.24) is 9.55 Å². The Morgan fingerprint density at radius 1 is 1.44 bits per heavy atom. The number of halogens is 1. The van der Waals surface area contributed by atoms with Crippen LogP contribution in [-0.2, 0) is 4.74 Å². The van der Waals surface area contributed by atoms with Gasteiger partial charge < -0.3 is 10.1 Å². The normalized spacial score (nSPS) is 10.6. The first-order chi connectivity index (χ1) is 8.72. The van der Waals surface area contributed by atoms with E-state index < -0.39 is 0 Å². The molecule has 0 unspecified atom stereocenters. The third kappa shape index (κ3) is 2.91. The minimum absolute atomic E-state index is 0.655. The molecule has 0 aliphatic carbocycles. The Morgan fingerprint density at radius 3 is 3.00 bits per heavy atom. The Balaban J connectivity index is 2.25. The number of nitrogens with zero attached hydrogens (tertiary/aromatic N) is 2. The number of hydrogen-bond acceptors (Lipinski definition) is 3. The van der Waals surface area contributed by atoms with E-state index in [-0.39, 0.29) is 0 Å². The van der Waals surface area contributed by atoms with Crippen molar-refractivity contribution in [1.29, 1.82) is 0 Å². The van der Waals surface area contributed by atoms with E-state index in [2.05, 4.69) is 51.4 Å². The van der Waals surface area contributed by atoms with Crippen LogP contribution in [0.3, 0.4) is 0 Å². The molecule has 2 rings (SSSR count). The van der Waals surface area contributed by atoms with E-state index in [1.165, 1.54) is 5.56 Å². The standard InChI is InChI=1S/C13H16BrN3O/c1-10-3-4-12(11(14)9-10)17-7-5-15-13(17)16-6-8-18-2/h3-5,7,9H,6,8H2,1-2H3,(H,15,16). The van der Waals surface area contributed by atoms with E-state index in [4.69, 9.17) is 4.74 Å². The summed E-state index contributed by atoms with van der Waals surface area (Å²) < 4.78 is 8.08. The van der Waals surface area contributed by atoms with Gasteiger partial charge in [-0.1, -0.05) is 6.07 Å². The van der Waals surface area contributed by atoms with Gasteiger partial charge in [-0.3, -0.25) is 4.57 Å². The Labute approximate surface area is 115 Å². The van der Waals surface area contributed by atoms with Gasteiger partial charge in [-0.05, 0) is 40.5 Å². The first-order valence-electron chi connectivity index (χ1n) is 5.75. The molecule has 18 heavy (non-hydrogen) atoms. The van der Waals surface area contributed by atoms with Crippen LogP contribution in [-0.4, -0.2) is 29.8 Å². The van der Waals surface area contributed by atoms with Gasteiger partial charge in [-0.15, -0.1) is 0 Å². The lowest BCUT2D eigenvalue weighted by Crippen LogP contribution is -2.11. The predicted molar refractivity (Wildman–Crippen MR) is 76.4 cm³/mol. The van der Waals surface area contributed by atoms with E-state index in [1.54, 1.807) is 13.3 Å². The Morgan fingerprint density at radius 2 is 2.28 bits per heavy atom. The van der Waals surface area contributed by atoms with Gasteiger partial charge in [0, 0.05) is 30.5 Å². The third-order valence-electron chi connectivity index (χ3n) is 2.59. The maximum absolute atomic E-state index is 5.02. The second kappa shape index (κ2) is 6.02. The molecule has 0 fully saturated rings. The summed E-state index contributed by atoms with van der Waals surface area (Å²) in [5.41, 5.74) is 2.29. The van der Waals surface area contributed by atoms with Crippen LogP contribution in [0.1, 0.15) is 5.56 Å². The van der Waals surface area contributed by atoms with Crippen LogP contribution in [0.4, 0.5) is 5.95 Å². The van der Waals surface area contributed by atoms with E-state index in [1.807, 2.05) is 10.8 Å². The van der Waals surface area contributed by atoms with Crippen molar-refractivity contribution in [2.24, 2.45) is 0 Å². The van der Waals surface area contributed by atoms with E-state index in [0.29, 0.717) is 6.61 Å². The van der Waals surface area contributed by atoms with Crippen molar-refractivity contribution < 1.29 is 4.74 Å². The number of rotatable bonds is 5. The van der Waals surface area contributed by atoms with Crippen molar-refractivity contribution in [2.75, 3.05) is 25.6 Å². The highest BCUT2D eigenvalue weighted by Crippen LogP contribution is 2.24. The van der Waals surface area contributed by atoms with Gasteiger partial charge >= 0.3 is 0 Å². The monoisotopic (exact) mass is 309 g/mol. The summed E-state index contributed by atoms with van der Waals surface area (Å²) in [6, 6.07) is 6.25. The minimum Gasteiger partial charge on any atom is -0.383 e. The lowest BCUT2D eigenvalue weighted by Gasteiger charge is -2.11. The second-order valence-electron chi connectivity index (χ2n) is 4.00. The molecule has 0 aliphatic rings. The van der Waals surface area contributed by atoms with Crippen molar-refractivity contribution in [3.8, 4) is 5.69 Å². The molecule has 0 aliphatic heterocycles. The Kier molecular flexibility index (Phi) is 4.38. The van der Waals surface area contributed by atoms with Crippen molar-refractivity contribution >= 4 is 21.9 Å². The molecule has 0 bridgehead atoms. The van der Waals surface area contributed by atoms with E-state index >= 15 is 0 Å². The van der Waals surface area contributed by atoms with Gasteiger partial charge in [0.2, 0.25) is 5.95 Å². The van der Waals surface area contributed by atoms with E-state index in [0.717, 1.165) is 22.7 Å². The van der Waals surface area contributed by atoms with Crippen LogP contribution >= 0.6 is 15.9 Å². The maximum atomic E-state index is 5.02. The van der Waals surface area contributed by atoms with Crippen LogP contribution in [0.15, 0.2) is 35.1 Å². The summed E-state index contributed by atoms with van der Waals surface area (Å²) in [7, 11) is 1.69. The summed E-state index contributed by atoms with van der Waals surface area (Å²) >= 11 is 3.58. The topological polar surface area (TPSA) is 39.1 Å². The average Bonchev–Trinajstić information content (AvgIpc) is 2.78. The summed E-state index contributed by atoms with van der Waals surface area (Å²) in [5.74, 6) is 0.816. The first kappa shape index (κ1) is 13.1. The highest BCUT2D eigenvalue weighted by Gasteiger charge is 2.07. The minimum atomic E-state index is 0.655. The van der Waals surface area contributed by atoms with Crippen LogP contribution in [0.25, 0.3) is 5.69 Å².